The molecular weight excluding hydrogens is 179 g/mol. The average Bonchev–Trinajstić information content (AvgIpc) is 2.21. The Morgan fingerprint density at radius 3 is 2.64 bits per heavy atom. The van der Waals surface area contributed by atoms with Crippen molar-refractivity contribution in [2.75, 3.05) is 0 Å². The Bertz CT molecular complexity index is 331. The highest BCUT2D eigenvalue weighted by atomic mass is 19.1. The van der Waals surface area contributed by atoms with Crippen LogP contribution in [0, 0.1) is 5.82 Å². The van der Waals surface area contributed by atoms with Crippen molar-refractivity contribution in [2.45, 2.75) is 33.1 Å². The van der Waals surface area contributed by atoms with Crippen molar-refractivity contribution in [1.82, 2.24) is 0 Å². The third kappa shape index (κ3) is 2.19. The molecule has 0 N–H and O–H groups in total. The van der Waals surface area contributed by atoms with Gasteiger partial charge in [-0.25, -0.2) is 4.39 Å². The minimum atomic E-state index is -0.247. The molecule has 1 aromatic rings. The summed E-state index contributed by atoms with van der Waals surface area (Å²) in [5, 5.41) is 0. The summed E-state index contributed by atoms with van der Waals surface area (Å²) in [7, 11) is 0. The van der Waals surface area contributed by atoms with E-state index in [0.717, 1.165) is 18.4 Å². The first kappa shape index (κ1) is 10.9. The largest absolute Gasteiger partial charge is 0.294 e. The van der Waals surface area contributed by atoms with Crippen LogP contribution in [0.25, 0.3) is 0 Å². The Morgan fingerprint density at radius 1 is 1.21 bits per heavy atom. The van der Waals surface area contributed by atoms with Crippen LogP contribution in [0.5, 0.6) is 0 Å². The van der Waals surface area contributed by atoms with Crippen molar-refractivity contribution in [3.8, 4) is 0 Å². The molecule has 1 aromatic carbocycles. The van der Waals surface area contributed by atoms with Gasteiger partial charge < -0.3 is 0 Å². The second-order valence-corrected chi connectivity index (χ2v) is 3.08. The summed E-state index contributed by atoms with van der Waals surface area (Å²) in [5.74, 6) is -0.0975. The van der Waals surface area contributed by atoms with Gasteiger partial charge in [0, 0.05) is 12.0 Å². The lowest BCUT2D eigenvalue weighted by Crippen LogP contribution is -2.10. The summed E-state index contributed by atoms with van der Waals surface area (Å²) in [6.07, 6.45) is 2.30. The molecule has 0 unspecified atom stereocenters. The van der Waals surface area contributed by atoms with Crippen LogP contribution in [-0.4, -0.2) is 5.78 Å². The van der Waals surface area contributed by atoms with Crippen LogP contribution >= 0.6 is 0 Å². The zero-order valence-corrected chi connectivity index (χ0v) is 8.64. The van der Waals surface area contributed by atoms with Gasteiger partial charge in [0.1, 0.15) is 5.82 Å². The number of halogens is 1. The first-order chi connectivity index (χ1) is 6.77. The zero-order valence-electron chi connectivity index (χ0n) is 8.64. The number of carbonyl (C=O) groups is 1. The number of aryl methyl sites for hydroxylation is 1. The van der Waals surface area contributed by atoms with Crippen LogP contribution in [0.15, 0.2) is 18.2 Å². The van der Waals surface area contributed by atoms with Crippen LogP contribution in [0.3, 0.4) is 0 Å². The molecule has 0 fully saturated rings. The van der Waals surface area contributed by atoms with Gasteiger partial charge in [-0.15, -0.1) is 0 Å². The molecule has 1 aliphatic rings. The molecule has 2 heteroatoms. The SMILES string of the molecule is CC.O=C1CCCc2cc(F)ccc21. The number of fused-ring (bicyclic) bond motifs is 1. The van der Waals surface area contributed by atoms with E-state index in [0.29, 0.717) is 12.0 Å². The van der Waals surface area contributed by atoms with E-state index in [-0.39, 0.29) is 11.6 Å². The predicted molar refractivity (Wildman–Crippen MR) is 55.0 cm³/mol. The molecule has 1 nitrogen and oxygen atoms in total. The smallest absolute Gasteiger partial charge is 0.163 e. The molecule has 0 aromatic heterocycles. The fourth-order valence-corrected chi connectivity index (χ4v) is 1.62. The topological polar surface area (TPSA) is 17.1 Å². The quantitative estimate of drug-likeness (QED) is 0.618. The highest BCUT2D eigenvalue weighted by molar-refractivity contribution is 5.98. The van der Waals surface area contributed by atoms with Gasteiger partial charge in [-0.2, -0.15) is 0 Å². The standard InChI is InChI=1S/C10H9FO.C2H6/c11-8-4-5-9-7(6-8)2-1-3-10(9)12;1-2/h4-6H,1-3H2;1-2H3. The maximum Gasteiger partial charge on any atom is 0.163 e. The van der Waals surface area contributed by atoms with Gasteiger partial charge in [-0.1, -0.05) is 13.8 Å². The van der Waals surface area contributed by atoms with Gasteiger partial charge in [-0.05, 0) is 36.6 Å². The van der Waals surface area contributed by atoms with Crippen LogP contribution in [-0.2, 0) is 6.42 Å². The van der Waals surface area contributed by atoms with E-state index in [9.17, 15) is 9.18 Å². The molecule has 1 aliphatic carbocycles. The van der Waals surface area contributed by atoms with Gasteiger partial charge in [0.15, 0.2) is 5.78 Å². The summed E-state index contributed by atoms with van der Waals surface area (Å²) in [5.41, 5.74) is 1.58. The number of rotatable bonds is 0. The average molecular weight is 194 g/mol. The summed E-state index contributed by atoms with van der Waals surface area (Å²) >= 11 is 0. The number of hydrogen-bond acceptors (Lipinski definition) is 1. The molecule has 14 heavy (non-hydrogen) atoms. The number of ketones is 1. The van der Waals surface area contributed by atoms with E-state index >= 15 is 0 Å². The highest BCUT2D eigenvalue weighted by Gasteiger charge is 2.16. The summed E-state index contributed by atoms with van der Waals surface area (Å²) in [6.45, 7) is 4.00. The second-order valence-electron chi connectivity index (χ2n) is 3.08. The monoisotopic (exact) mass is 194 g/mol. The van der Waals surface area contributed by atoms with Crippen LogP contribution in [0.4, 0.5) is 4.39 Å². The first-order valence-electron chi connectivity index (χ1n) is 5.09. The van der Waals surface area contributed by atoms with Crippen molar-refractivity contribution >= 4 is 5.78 Å². The van der Waals surface area contributed by atoms with E-state index in [1.807, 2.05) is 13.8 Å². The lowest BCUT2D eigenvalue weighted by molar-refractivity contribution is 0.0972. The minimum Gasteiger partial charge on any atom is -0.294 e. The third-order valence-electron chi connectivity index (χ3n) is 2.22. The summed E-state index contributed by atoms with van der Waals surface area (Å²) in [6, 6.07) is 4.40. The molecular formula is C12H15FO. The number of hydrogen-bond donors (Lipinski definition) is 0. The highest BCUT2D eigenvalue weighted by Crippen LogP contribution is 2.21. The maximum atomic E-state index is 12.7. The lowest BCUT2D eigenvalue weighted by atomic mass is 9.91. The van der Waals surface area contributed by atoms with Gasteiger partial charge in [0.05, 0.1) is 0 Å². The van der Waals surface area contributed by atoms with Gasteiger partial charge in [0.25, 0.3) is 0 Å². The van der Waals surface area contributed by atoms with Gasteiger partial charge in [-0.3, -0.25) is 4.79 Å². The second kappa shape index (κ2) is 4.89. The van der Waals surface area contributed by atoms with E-state index in [2.05, 4.69) is 0 Å². The predicted octanol–water partition coefficient (Wildman–Crippen LogP) is 3.37. The van der Waals surface area contributed by atoms with Crippen molar-refractivity contribution in [3.05, 3.63) is 35.1 Å². The van der Waals surface area contributed by atoms with Crippen LogP contribution < -0.4 is 0 Å². The Morgan fingerprint density at radius 2 is 1.93 bits per heavy atom. The van der Waals surface area contributed by atoms with E-state index in [4.69, 9.17) is 0 Å². The van der Waals surface area contributed by atoms with Crippen molar-refractivity contribution < 1.29 is 9.18 Å². The molecule has 0 amide bonds. The number of Topliss-reactive ketones (excluding diaryl/α,β-unsaturated/α-hetero) is 1. The third-order valence-corrected chi connectivity index (χ3v) is 2.22. The van der Waals surface area contributed by atoms with E-state index < -0.39 is 0 Å². The molecule has 0 saturated carbocycles. The summed E-state index contributed by atoms with van der Waals surface area (Å²) in [4.78, 5) is 11.3. The number of benzene rings is 1. The molecule has 0 aliphatic heterocycles. The van der Waals surface area contributed by atoms with Gasteiger partial charge >= 0.3 is 0 Å². The van der Waals surface area contributed by atoms with E-state index in [1.165, 1.54) is 12.1 Å². The van der Waals surface area contributed by atoms with E-state index in [1.54, 1.807) is 6.07 Å². The molecule has 0 bridgehead atoms. The van der Waals surface area contributed by atoms with Crippen molar-refractivity contribution in [3.63, 3.8) is 0 Å². The number of carbonyl (C=O) groups excluding carboxylic acids is 1. The summed E-state index contributed by atoms with van der Waals surface area (Å²) < 4.78 is 12.7. The molecule has 2 rings (SSSR count). The fraction of sp³-hybridized carbons (Fsp3) is 0.417. The normalized spacial score (nSPS) is 14.1. The molecule has 0 atom stereocenters. The lowest BCUT2D eigenvalue weighted by Gasteiger charge is -2.13. The Balaban J connectivity index is 0.000000461. The maximum absolute atomic E-state index is 12.7. The van der Waals surface area contributed by atoms with Crippen LogP contribution in [0.1, 0.15) is 42.6 Å². The van der Waals surface area contributed by atoms with Crippen molar-refractivity contribution in [2.24, 2.45) is 0 Å². The Hall–Kier alpha value is -1.18. The zero-order chi connectivity index (χ0) is 10.6. The van der Waals surface area contributed by atoms with Crippen molar-refractivity contribution in [1.29, 1.82) is 0 Å². The van der Waals surface area contributed by atoms with Gasteiger partial charge in [0.2, 0.25) is 0 Å². The van der Waals surface area contributed by atoms with Crippen LogP contribution in [0.2, 0.25) is 0 Å². The molecule has 0 heterocycles. The molecule has 76 valence electrons. The molecule has 0 saturated heterocycles. The minimum absolute atomic E-state index is 0.149. The Labute approximate surface area is 83.9 Å². The fourth-order valence-electron chi connectivity index (χ4n) is 1.62. The molecule has 0 spiro atoms. The first-order valence-corrected chi connectivity index (χ1v) is 5.09. The Kier molecular flexibility index (Phi) is 3.81. The molecule has 0 radical (unpaired) electrons.